The number of nitrogens with one attached hydrogen (secondary N) is 2. The first-order valence-electron chi connectivity index (χ1n) is 7.86. The average Bonchev–Trinajstić information content (AvgIpc) is 2.65. The van der Waals surface area contributed by atoms with E-state index in [1.54, 1.807) is 0 Å². The smallest absolute Gasteiger partial charge is 0.273 e. The molecule has 8 nitrogen and oxygen atoms in total. The van der Waals surface area contributed by atoms with Crippen LogP contribution in [0.5, 0.6) is 5.75 Å². The van der Waals surface area contributed by atoms with Crippen LogP contribution in [0.3, 0.4) is 0 Å². The Morgan fingerprint density at radius 2 is 1.82 bits per heavy atom. The molecule has 0 bridgehead atoms. The number of halogens is 1. The monoisotopic (exact) mass is 421 g/mol. The lowest BCUT2D eigenvalue weighted by molar-refractivity contribution is -0.119. The van der Waals surface area contributed by atoms with Crippen LogP contribution in [-0.2, 0) is 20.4 Å². The highest BCUT2D eigenvalue weighted by molar-refractivity contribution is 7.91. The second-order valence-corrected chi connectivity index (χ2v) is 8.19. The summed E-state index contributed by atoms with van der Waals surface area (Å²) in [7, 11) is -2.41. The molecule has 2 N–H and O–H groups in total. The van der Waals surface area contributed by atoms with Gasteiger partial charge in [-0.05, 0) is 35.9 Å². The molecule has 0 fully saturated rings. The molecule has 0 unspecified atom stereocenters. The average molecular weight is 422 g/mol. The third-order valence-corrected chi connectivity index (χ3v) is 5.25. The Hall–Kier alpha value is -3.09. The minimum absolute atomic E-state index is 0.118. The first-order valence-corrected chi connectivity index (χ1v) is 10.1. The summed E-state index contributed by atoms with van der Waals surface area (Å²) >= 11 is 5.82. The summed E-state index contributed by atoms with van der Waals surface area (Å²) in [4.78, 5) is 24.0. The van der Waals surface area contributed by atoms with Crippen molar-refractivity contribution in [3.05, 3.63) is 64.2 Å². The summed E-state index contributed by atoms with van der Waals surface area (Å²) in [6, 6.07) is 12.2. The van der Waals surface area contributed by atoms with Crippen molar-refractivity contribution in [3.63, 3.8) is 0 Å². The van der Waals surface area contributed by atoms with Crippen LogP contribution < -0.4 is 15.6 Å². The fourth-order valence-corrected chi connectivity index (χ4v) is 3.70. The van der Waals surface area contributed by atoms with Crippen molar-refractivity contribution in [3.8, 4) is 11.8 Å². The highest BCUT2D eigenvalue weighted by Gasteiger charge is 2.19. The first-order chi connectivity index (χ1) is 13.2. The van der Waals surface area contributed by atoms with Crippen molar-refractivity contribution in [2.45, 2.75) is 5.75 Å². The lowest BCUT2D eigenvalue weighted by Crippen LogP contribution is -2.44. The second kappa shape index (κ2) is 9.21. The molecule has 2 rings (SSSR count). The summed E-state index contributed by atoms with van der Waals surface area (Å²) in [6.45, 7) is 0. The Balaban J connectivity index is 1.94. The van der Waals surface area contributed by atoms with Gasteiger partial charge in [-0.2, -0.15) is 5.26 Å². The predicted molar refractivity (Wildman–Crippen MR) is 102 cm³/mol. The summed E-state index contributed by atoms with van der Waals surface area (Å²) in [5.41, 5.74) is 5.16. The van der Waals surface area contributed by atoms with Crippen molar-refractivity contribution in [2.75, 3.05) is 12.9 Å². The molecule has 2 amide bonds. The van der Waals surface area contributed by atoms with E-state index in [9.17, 15) is 18.0 Å². The van der Waals surface area contributed by atoms with Crippen LogP contribution in [0.25, 0.3) is 0 Å². The number of methoxy groups -OCH3 is 1. The molecular formula is C18H16ClN3O5S. The maximum atomic E-state index is 12.1. The van der Waals surface area contributed by atoms with Gasteiger partial charge in [-0.1, -0.05) is 23.7 Å². The molecule has 0 aliphatic rings. The summed E-state index contributed by atoms with van der Waals surface area (Å²) in [5.74, 6) is -2.56. The molecule has 0 aliphatic heterocycles. The highest BCUT2D eigenvalue weighted by atomic mass is 35.5. The van der Waals surface area contributed by atoms with Crippen LogP contribution >= 0.6 is 11.6 Å². The Labute approximate surface area is 167 Å². The predicted octanol–water partition coefficient (Wildman–Crippen LogP) is 1.60. The molecule has 0 saturated carbocycles. The Bertz CT molecular complexity index is 1030. The number of nitrogens with zero attached hydrogens (tertiary/aromatic N) is 1. The van der Waals surface area contributed by atoms with E-state index < -0.39 is 27.4 Å². The zero-order valence-corrected chi connectivity index (χ0v) is 16.3. The SMILES string of the molecule is COc1cc(Cl)ccc1C(=O)NNC(=O)CS(=O)(=O)Cc1ccc(C#N)cc1. The number of sulfone groups is 1. The number of carbonyl (C=O) groups excluding carboxylic acids is 2. The van der Waals surface area contributed by atoms with Gasteiger partial charge in [-0.25, -0.2) is 8.42 Å². The molecule has 0 radical (unpaired) electrons. The largest absolute Gasteiger partial charge is 0.496 e. The molecule has 0 saturated heterocycles. The topological polar surface area (TPSA) is 125 Å². The number of hydrogen-bond donors (Lipinski definition) is 2. The van der Waals surface area contributed by atoms with E-state index in [1.165, 1.54) is 49.6 Å². The van der Waals surface area contributed by atoms with Crippen LogP contribution in [0.2, 0.25) is 5.02 Å². The standard InChI is InChI=1S/C18H16ClN3O5S/c1-27-16-8-14(19)6-7-15(16)18(24)22-21-17(23)11-28(25,26)10-13-4-2-12(9-20)3-5-13/h2-8H,10-11H2,1H3,(H,21,23)(H,22,24). The lowest BCUT2D eigenvalue weighted by atomic mass is 10.2. The van der Waals surface area contributed by atoms with Crippen molar-refractivity contribution < 1.29 is 22.7 Å². The molecule has 0 aromatic heterocycles. The zero-order chi connectivity index (χ0) is 20.7. The van der Waals surface area contributed by atoms with Crippen molar-refractivity contribution >= 4 is 33.3 Å². The molecule has 2 aromatic rings. The highest BCUT2D eigenvalue weighted by Crippen LogP contribution is 2.22. The minimum Gasteiger partial charge on any atom is -0.496 e. The Kier molecular flexibility index (Phi) is 6.98. The van der Waals surface area contributed by atoms with E-state index in [2.05, 4.69) is 10.9 Å². The number of rotatable bonds is 6. The summed E-state index contributed by atoms with van der Waals surface area (Å²) in [6.07, 6.45) is 0. The normalized spacial score (nSPS) is 10.6. The van der Waals surface area contributed by atoms with Gasteiger partial charge in [0.2, 0.25) is 0 Å². The van der Waals surface area contributed by atoms with Gasteiger partial charge in [0, 0.05) is 5.02 Å². The van der Waals surface area contributed by atoms with E-state index in [1.807, 2.05) is 6.07 Å². The van der Waals surface area contributed by atoms with E-state index in [0.29, 0.717) is 16.1 Å². The van der Waals surface area contributed by atoms with Gasteiger partial charge in [0.1, 0.15) is 11.5 Å². The zero-order valence-electron chi connectivity index (χ0n) is 14.7. The van der Waals surface area contributed by atoms with Crippen LogP contribution in [0.4, 0.5) is 0 Å². The van der Waals surface area contributed by atoms with Crippen LogP contribution in [0.1, 0.15) is 21.5 Å². The van der Waals surface area contributed by atoms with E-state index in [0.717, 1.165) is 0 Å². The van der Waals surface area contributed by atoms with Gasteiger partial charge < -0.3 is 4.74 Å². The van der Waals surface area contributed by atoms with Crippen molar-refractivity contribution in [1.82, 2.24) is 10.9 Å². The number of hydrazine groups is 1. The van der Waals surface area contributed by atoms with E-state index in [4.69, 9.17) is 21.6 Å². The fraction of sp³-hybridized carbons (Fsp3) is 0.167. The Morgan fingerprint density at radius 1 is 1.14 bits per heavy atom. The first kappa shape index (κ1) is 21.2. The summed E-state index contributed by atoms with van der Waals surface area (Å²) < 4.78 is 29.3. The molecule has 146 valence electrons. The van der Waals surface area contributed by atoms with E-state index in [-0.39, 0.29) is 17.1 Å². The molecule has 28 heavy (non-hydrogen) atoms. The van der Waals surface area contributed by atoms with Gasteiger partial charge in [0.05, 0.1) is 30.1 Å². The van der Waals surface area contributed by atoms with Crippen LogP contribution in [0, 0.1) is 11.3 Å². The van der Waals surface area contributed by atoms with Gasteiger partial charge in [-0.15, -0.1) is 0 Å². The number of amides is 2. The third-order valence-electron chi connectivity index (χ3n) is 3.54. The van der Waals surface area contributed by atoms with Gasteiger partial charge in [0.15, 0.2) is 9.84 Å². The number of ether oxygens (including phenoxy) is 1. The van der Waals surface area contributed by atoms with Crippen LogP contribution in [-0.4, -0.2) is 33.1 Å². The van der Waals surface area contributed by atoms with Gasteiger partial charge in [-0.3, -0.25) is 20.4 Å². The molecule has 0 atom stereocenters. The maximum absolute atomic E-state index is 12.1. The van der Waals surface area contributed by atoms with Crippen molar-refractivity contribution in [1.29, 1.82) is 5.26 Å². The molecule has 10 heteroatoms. The number of nitriles is 1. The quantitative estimate of drug-likeness (QED) is 0.682. The second-order valence-electron chi connectivity index (χ2n) is 5.69. The maximum Gasteiger partial charge on any atom is 0.273 e. The number of benzene rings is 2. The molecule has 0 aliphatic carbocycles. The minimum atomic E-state index is -3.77. The molecule has 0 spiro atoms. The molecular weight excluding hydrogens is 406 g/mol. The van der Waals surface area contributed by atoms with E-state index >= 15 is 0 Å². The van der Waals surface area contributed by atoms with Crippen molar-refractivity contribution in [2.24, 2.45) is 0 Å². The number of carbonyl (C=O) groups is 2. The molecule has 0 heterocycles. The fourth-order valence-electron chi connectivity index (χ4n) is 2.26. The molecule has 2 aromatic carbocycles. The van der Waals surface area contributed by atoms with Gasteiger partial charge >= 0.3 is 0 Å². The number of hydrogen-bond acceptors (Lipinski definition) is 6. The summed E-state index contributed by atoms with van der Waals surface area (Å²) in [5, 5.41) is 9.11. The van der Waals surface area contributed by atoms with Crippen LogP contribution in [0.15, 0.2) is 42.5 Å². The van der Waals surface area contributed by atoms with Gasteiger partial charge in [0.25, 0.3) is 11.8 Å². The third kappa shape index (κ3) is 5.97. The lowest BCUT2D eigenvalue weighted by Gasteiger charge is -2.11. The Morgan fingerprint density at radius 3 is 2.43 bits per heavy atom.